The van der Waals surface area contributed by atoms with Gasteiger partial charge in [0.25, 0.3) is 0 Å². The molecule has 0 aliphatic rings. The van der Waals surface area contributed by atoms with Crippen molar-refractivity contribution in [2.45, 2.75) is 25.1 Å². The van der Waals surface area contributed by atoms with Crippen LogP contribution in [0.25, 0.3) is 0 Å². The Kier molecular flexibility index (Phi) is 5.64. The topological polar surface area (TPSA) is 94.3 Å². The van der Waals surface area contributed by atoms with Gasteiger partial charge in [0.1, 0.15) is 5.25 Å². The summed E-state index contributed by atoms with van der Waals surface area (Å²) in [7, 11) is -2.07. The average Bonchev–Trinajstić information content (AvgIpc) is 2.37. The minimum atomic E-state index is -3.57. The molecule has 0 aromatic carbocycles. The number of hydrogen-bond acceptors (Lipinski definition) is 5. The summed E-state index contributed by atoms with van der Waals surface area (Å²) in [5.41, 5.74) is 6.17. The Hall–Kier alpha value is -1.25. The maximum atomic E-state index is 12.0. The van der Waals surface area contributed by atoms with Crippen LogP contribution in [0.1, 0.15) is 18.9 Å². The number of sulfonamides is 1. The normalized spacial score (nSPS) is 12.9. The van der Waals surface area contributed by atoms with E-state index in [-0.39, 0.29) is 11.5 Å². The number of thiocarbonyl (C=S) groups is 1. The highest BCUT2D eigenvalue weighted by molar-refractivity contribution is 7.93. The van der Waals surface area contributed by atoms with Crippen LogP contribution in [0.15, 0.2) is 18.3 Å². The van der Waals surface area contributed by atoms with E-state index in [1.165, 1.54) is 7.11 Å². The molecule has 1 aromatic rings. The molecule has 3 N–H and O–H groups in total. The first kappa shape index (κ1) is 15.8. The zero-order valence-corrected chi connectivity index (χ0v) is 12.4. The van der Waals surface area contributed by atoms with Gasteiger partial charge in [0.2, 0.25) is 15.9 Å². The van der Waals surface area contributed by atoms with Gasteiger partial charge in [0.05, 0.1) is 12.1 Å². The molecule has 0 radical (unpaired) electrons. The second-order valence-corrected chi connectivity index (χ2v) is 6.29. The lowest BCUT2D eigenvalue weighted by atomic mass is 10.3. The third kappa shape index (κ3) is 4.41. The molecule has 0 saturated heterocycles. The lowest BCUT2D eigenvalue weighted by molar-refractivity contribution is 0.397. The molecule has 0 amide bonds. The minimum absolute atomic E-state index is 0.0256. The first-order chi connectivity index (χ1) is 8.90. The summed E-state index contributed by atoms with van der Waals surface area (Å²) in [4.78, 5) is 3.92. The molecule has 19 heavy (non-hydrogen) atoms. The Morgan fingerprint density at radius 2 is 2.32 bits per heavy atom. The van der Waals surface area contributed by atoms with Crippen LogP contribution in [0.5, 0.6) is 5.88 Å². The van der Waals surface area contributed by atoms with Gasteiger partial charge in [-0.3, -0.25) is 0 Å². The fraction of sp³-hybridized carbons (Fsp3) is 0.455. The summed E-state index contributed by atoms with van der Waals surface area (Å²) >= 11 is 4.76. The summed E-state index contributed by atoms with van der Waals surface area (Å²) in [6.07, 6.45) is 1.89. The molecule has 0 bridgehead atoms. The van der Waals surface area contributed by atoms with Gasteiger partial charge in [-0.2, -0.15) is 0 Å². The van der Waals surface area contributed by atoms with Crippen molar-refractivity contribution in [3.63, 3.8) is 0 Å². The van der Waals surface area contributed by atoms with E-state index in [2.05, 4.69) is 9.71 Å². The third-order valence-corrected chi connectivity index (χ3v) is 4.87. The molecule has 0 fully saturated rings. The predicted octanol–water partition coefficient (Wildman–Crippen LogP) is 0.574. The molecule has 1 heterocycles. The van der Waals surface area contributed by atoms with Crippen molar-refractivity contribution in [1.29, 1.82) is 0 Å². The van der Waals surface area contributed by atoms with Gasteiger partial charge in [-0.15, -0.1) is 0 Å². The molecule has 8 heteroatoms. The molecule has 0 saturated carbocycles. The molecule has 6 nitrogen and oxygen atoms in total. The number of hydrogen-bond donors (Lipinski definition) is 2. The minimum Gasteiger partial charge on any atom is -0.481 e. The molecule has 1 unspecified atom stereocenters. The van der Waals surface area contributed by atoms with E-state index in [9.17, 15) is 8.42 Å². The first-order valence-electron chi connectivity index (χ1n) is 5.67. The molecule has 0 aliphatic carbocycles. The number of ether oxygens (including phenoxy) is 1. The Balaban J connectivity index is 2.77. The van der Waals surface area contributed by atoms with Crippen molar-refractivity contribution >= 4 is 27.2 Å². The highest BCUT2D eigenvalue weighted by atomic mass is 32.2. The van der Waals surface area contributed by atoms with Gasteiger partial charge in [-0.05, 0) is 18.1 Å². The number of pyridine rings is 1. The van der Waals surface area contributed by atoms with Gasteiger partial charge in [-0.1, -0.05) is 19.1 Å². The van der Waals surface area contributed by atoms with Crippen molar-refractivity contribution in [3.8, 4) is 5.88 Å². The quantitative estimate of drug-likeness (QED) is 0.715. The van der Waals surface area contributed by atoms with Crippen molar-refractivity contribution in [2.24, 2.45) is 5.73 Å². The van der Waals surface area contributed by atoms with Crippen LogP contribution >= 0.6 is 12.2 Å². The van der Waals surface area contributed by atoms with E-state index >= 15 is 0 Å². The number of nitrogens with two attached hydrogens (primary N) is 1. The Morgan fingerprint density at radius 1 is 1.63 bits per heavy atom. The van der Waals surface area contributed by atoms with E-state index in [4.69, 9.17) is 22.7 Å². The Labute approximate surface area is 118 Å². The fourth-order valence-corrected chi connectivity index (χ4v) is 3.39. The number of rotatable bonds is 7. The van der Waals surface area contributed by atoms with Crippen LogP contribution in [-0.2, 0) is 16.6 Å². The molecule has 0 aliphatic heterocycles. The van der Waals surface area contributed by atoms with Gasteiger partial charge >= 0.3 is 0 Å². The van der Waals surface area contributed by atoms with E-state index in [0.717, 1.165) is 5.56 Å². The van der Waals surface area contributed by atoms with Gasteiger partial charge in [0, 0.05) is 18.8 Å². The van der Waals surface area contributed by atoms with Crippen molar-refractivity contribution in [1.82, 2.24) is 9.71 Å². The van der Waals surface area contributed by atoms with Crippen LogP contribution < -0.4 is 15.2 Å². The zero-order valence-electron chi connectivity index (χ0n) is 10.8. The van der Waals surface area contributed by atoms with E-state index in [1.807, 2.05) is 0 Å². The maximum Gasteiger partial charge on any atom is 0.221 e. The second kappa shape index (κ2) is 6.78. The van der Waals surface area contributed by atoms with Gasteiger partial charge in [0.15, 0.2) is 0 Å². The van der Waals surface area contributed by atoms with E-state index in [1.54, 1.807) is 25.3 Å². The second-order valence-electron chi connectivity index (χ2n) is 3.87. The number of methoxy groups -OCH3 is 1. The summed E-state index contributed by atoms with van der Waals surface area (Å²) in [5.74, 6) is 0.429. The number of aromatic nitrogens is 1. The van der Waals surface area contributed by atoms with Crippen molar-refractivity contribution < 1.29 is 13.2 Å². The van der Waals surface area contributed by atoms with Crippen LogP contribution in [0.4, 0.5) is 0 Å². The monoisotopic (exact) mass is 303 g/mol. The lowest BCUT2D eigenvalue weighted by Gasteiger charge is -2.15. The number of nitrogens with one attached hydrogen (secondary N) is 1. The zero-order chi connectivity index (χ0) is 14.5. The summed E-state index contributed by atoms with van der Waals surface area (Å²) in [6, 6.07) is 3.36. The third-order valence-electron chi connectivity index (χ3n) is 2.55. The standard InChI is InChI=1S/C11H17N3O3S2/c1-3-9(11(12)18)19(15,16)14-7-8-4-5-13-10(6-8)17-2/h4-6,9,14H,3,7H2,1-2H3,(H2,12,18). The fourth-order valence-electron chi connectivity index (χ4n) is 1.53. The van der Waals surface area contributed by atoms with Crippen LogP contribution in [0.2, 0.25) is 0 Å². The average molecular weight is 303 g/mol. The summed E-state index contributed by atoms with van der Waals surface area (Å²) in [5, 5.41) is -0.855. The van der Waals surface area contributed by atoms with Crippen LogP contribution in [0.3, 0.4) is 0 Å². The SMILES string of the molecule is CCC(C(N)=S)S(=O)(=O)NCc1ccnc(OC)c1. The van der Waals surface area contributed by atoms with E-state index < -0.39 is 15.3 Å². The highest BCUT2D eigenvalue weighted by Gasteiger charge is 2.25. The molecule has 0 spiro atoms. The Morgan fingerprint density at radius 3 is 2.84 bits per heavy atom. The number of nitrogens with zero attached hydrogens (tertiary/aromatic N) is 1. The highest BCUT2D eigenvalue weighted by Crippen LogP contribution is 2.10. The lowest BCUT2D eigenvalue weighted by Crippen LogP contribution is -2.41. The van der Waals surface area contributed by atoms with Crippen LogP contribution in [-0.4, -0.2) is 30.8 Å². The molecule has 106 valence electrons. The molecule has 1 rings (SSSR count). The van der Waals surface area contributed by atoms with E-state index in [0.29, 0.717) is 12.3 Å². The van der Waals surface area contributed by atoms with Crippen molar-refractivity contribution in [2.75, 3.05) is 7.11 Å². The molecular formula is C11H17N3O3S2. The van der Waals surface area contributed by atoms with Gasteiger partial charge in [-0.25, -0.2) is 18.1 Å². The molecule has 1 atom stereocenters. The molecular weight excluding hydrogens is 286 g/mol. The van der Waals surface area contributed by atoms with Crippen molar-refractivity contribution in [3.05, 3.63) is 23.9 Å². The summed E-state index contributed by atoms with van der Waals surface area (Å²) < 4.78 is 31.5. The maximum absolute atomic E-state index is 12.0. The summed E-state index contributed by atoms with van der Waals surface area (Å²) in [6.45, 7) is 1.86. The predicted molar refractivity (Wildman–Crippen MR) is 77.4 cm³/mol. The van der Waals surface area contributed by atoms with Gasteiger partial charge < -0.3 is 10.5 Å². The largest absolute Gasteiger partial charge is 0.481 e. The first-order valence-corrected chi connectivity index (χ1v) is 7.63. The molecule has 1 aromatic heterocycles. The Bertz CT molecular complexity index is 546. The van der Waals surface area contributed by atoms with Crippen LogP contribution in [0, 0.1) is 0 Å². The smallest absolute Gasteiger partial charge is 0.221 e.